The number of nitrogens with zero attached hydrogens (tertiary/aromatic N) is 1. The Labute approximate surface area is 127 Å². The summed E-state index contributed by atoms with van der Waals surface area (Å²) in [5.41, 5.74) is 1.76. The van der Waals surface area contributed by atoms with Gasteiger partial charge < -0.3 is 10.1 Å². The molecule has 0 saturated carbocycles. The van der Waals surface area contributed by atoms with Crippen molar-refractivity contribution in [1.29, 1.82) is 0 Å². The minimum Gasteiger partial charge on any atom is -0.383 e. The number of halogens is 1. The molecule has 0 aliphatic carbocycles. The lowest BCUT2D eigenvalue weighted by atomic mass is 10.2. The second-order valence-corrected chi connectivity index (χ2v) is 5.35. The van der Waals surface area contributed by atoms with Crippen molar-refractivity contribution in [3.8, 4) is 10.6 Å². The van der Waals surface area contributed by atoms with Gasteiger partial charge in [0, 0.05) is 31.0 Å². The first kappa shape index (κ1) is 15.6. The number of aryl methyl sites for hydroxylation is 1. The minimum atomic E-state index is -0.261. The third-order valence-corrected chi connectivity index (χ3v) is 3.82. The van der Waals surface area contributed by atoms with Crippen molar-refractivity contribution < 1.29 is 13.9 Å². The molecule has 0 aliphatic rings. The Bertz CT molecular complexity index is 584. The number of methoxy groups -OCH3 is 1. The van der Waals surface area contributed by atoms with Gasteiger partial charge in [0.25, 0.3) is 0 Å². The molecule has 21 heavy (non-hydrogen) atoms. The highest BCUT2D eigenvalue weighted by atomic mass is 32.1. The van der Waals surface area contributed by atoms with E-state index in [0.29, 0.717) is 26.0 Å². The number of rotatable bonds is 7. The van der Waals surface area contributed by atoms with Crippen molar-refractivity contribution in [3.05, 3.63) is 41.2 Å². The summed E-state index contributed by atoms with van der Waals surface area (Å²) in [7, 11) is 1.60. The summed E-state index contributed by atoms with van der Waals surface area (Å²) in [4.78, 5) is 16.0. The van der Waals surface area contributed by atoms with Crippen molar-refractivity contribution in [2.24, 2.45) is 0 Å². The van der Waals surface area contributed by atoms with E-state index in [1.165, 1.54) is 23.5 Å². The molecule has 2 aromatic rings. The summed E-state index contributed by atoms with van der Waals surface area (Å²) < 4.78 is 17.7. The number of hydrogen-bond acceptors (Lipinski definition) is 4. The van der Waals surface area contributed by atoms with Crippen molar-refractivity contribution in [1.82, 2.24) is 10.3 Å². The number of hydrogen-bond donors (Lipinski definition) is 1. The fraction of sp³-hybridized carbons (Fsp3) is 0.333. The van der Waals surface area contributed by atoms with E-state index < -0.39 is 0 Å². The molecule has 0 bridgehead atoms. The molecular formula is C15H17FN2O2S. The van der Waals surface area contributed by atoms with Gasteiger partial charge >= 0.3 is 0 Å². The molecule has 0 fully saturated rings. The van der Waals surface area contributed by atoms with Crippen molar-refractivity contribution in [3.63, 3.8) is 0 Å². The van der Waals surface area contributed by atoms with E-state index in [0.717, 1.165) is 16.3 Å². The van der Waals surface area contributed by atoms with E-state index in [4.69, 9.17) is 4.74 Å². The quantitative estimate of drug-likeness (QED) is 0.800. The van der Waals surface area contributed by atoms with Gasteiger partial charge in [0.1, 0.15) is 10.8 Å². The number of thiazole rings is 1. The lowest BCUT2D eigenvalue weighted by Gasteiger charge is -2.03. The first-order valence-electron chi connectivity index (χ1n) is 6.65. The lowest BCUT2D eigenvalue weighted by Crippen LogP contribution is -2.27. The van der Waals surface area contributed by atoms with Crippen molar-refractivity contribution in [2.75, 3.05) is 20.3 Å². The Morgan fingerprint density at radius 2 is 2.14 bits per heavy atom. The van der Waals surface area contributed by atoms with E-state index in [1.54, 1.807) is 19.2 Å². The number of carbonyl (C=O) groups excluding carboxylic acids is 1. The second kappa shape index (κ2) is 7.85. The highest BCUT2D eigenvalue weighted by Gasteiger charge is 2.07. The number of aromatic nitrogens is 1. The third-order valence-electron chi connectivity index (χ3n) is 2.88. The minimum absolute atomic E-state index is 0.0108. The van der Waals surface area contributed by atoms with Crippen LogP contribution in [0.5, 0.6) is 0 Å². The van der Waals surface area contributed by atoms with Gasteiger partial charge in [0.15, 0.2) is 0 Å². The molecule has 0 aliphatic heterocycles. The smallest absolute Gasteiger partial charge is 0.220 e. The largest absolute Gasteiger partial charge is 0.383 e. The van der Waals surface area contributed by atoms with Gasteiger partial charge in [-0.05, 0) is 30.7 Å². The first-order valence-corrected chi connectivity index (χ1v) is 7.53. The molecule has 1 amide bonds. The van der Waals surface area contributed by atoms with E-state index >= 15 is 0 Å². The topological polar surface area (TPSA) is 51.2 Å². The molecule has 4 nitrogen and oxygen atoms in total. The van der Waals surface area contributed by atoms with Gasteiger partial charge in [-0.15, -0.1) is 11.3 Å². The van der Waals surface area contributed by atoms with Gasteiger partial charge in [-0.25, -0.2) is 9.37 Å². The van der Waals surface area contributed by atoms with Crippen LogP contribution in [0.15, 0.2) is 29.6 Å². The third kappa shape index (κ3) is 4.91. The molecule has 0 atom stereocenters. The van der Waals surface area contributed by atoms with Gasteiger partial charge in [0.05, 0.1) is 12.3 Å². The standard InChI is InChI=1S/C15H17FN2O2S/c1-20-9-8-17-14(19)7-6-13-10-21-15(18-13)11-2-4-12(16)5-3-11/h2-5,10H,6-9H2,1H3,(H,17,19). The fourth-order valence-corrected chi connectivity index (χ4v) is 2.63. The average molecular weight is 308 g/mol. The van der Waals surface area contributed by atoms with Crippen LogP contribution in [0.4, 0.5) is 4.39 Å². The molecule has 2 rings (SSSR count). The summed E-state index contributed by atoms with van der Waals surface area (Å²) in [6.07, 6.45) is 0.993. The second-order valence-electron chi connectivity index (χ2n) is 4.49. The summed E-state index contributed by atoms with van der Waals surface area (Å²) in [6.45, 7) is 1.03. The summed E-state index contributed by atoms with van der Waals surface area (Å²) in [6, 6.07) is 6.24. The Morgan fingerprint density at radius 1 is 1.38 bits per heavy atom. The zero-order valence-corrected chi connectivity index (χ0v) is 12.6. The zero-order chi connectivity index (χ0) is 15.1. The van der Waals surface area contributed by atoms with Crippen molar-refractivity contribution in [2.45, 2.75) is 12.8 Å². The highest BCUT2D eigenvalue weighted by Crippen LogP contribution is 2.24. The molecule has 1 heterocycles. The number of carbonyl (C=O) groups is 1. The zero-order valence-electron chi connectivity index (χ0n) is 11.8. The van der Waals surface area contributed by atoms with E-state index in [2.05, 4.69) is 10.3 Å². The molecule has 0 spiro atoms. The summed E-state index contributed by atoms with van der Waals surface area (Å²) >= 11 is 1.50. The van der Waals surface area contributed by atoms with Crippen LogP contribution in [0.3, 0.4) is 0 Å². The number of amides is 1. The van der Waals surface area contributed by atoms with E-state index in [-0.39, 0.29) is 11.7 Å². The van der Waals surface area contributed by atoms with Crippen LogP contribution >= 0.6 is 11.3 Å². The molecule has 1 N–H and O–H groups in total. The van der Waals surface area contributed by atoms with Crippen LogP contribution in [0.25, 0.3) is 10.6 Å². The predicted octanol–water partition coefficient (Wildman–Crippen LogP) is 2.64. The lowest BCUT2D eigenvalue weighted by molar-refractivity contribution is -0.121. The molecule has 112 valence electrons. The van der Waals surface area contributed by atoms with Gasteiger partial charge in [0.2, 0.25) is 5.91 Å². The number of ether oxygens (including phenoxy) is 1. The normalized spacial score (nSPS) is 10.6. The molecule has 0 saturated heterocycles. The molecule has 6 heteroatoms. The Morgan fingerprint density at radius 3 is 2.86 bits per heavy atom. The highest BCUT2D eigenvalue weighted by molar-refractivity contribution is 7.13. The molecule has 1 aromatic heterocycles. The first-order chi connectivity index (χ1) is 10.2. The summed E-state index contributed by atoms with van der Waals surface area (Å²) in [5, 5.41) is 5.54. The monoisotopic (exact) mass is 308 g/mol. The van der Waals surface area contributed by atoms with Crippen LogP contribution < -0.4 is 5.32 Å². The van der Waals surface area contributed by atoms with Gasteiger partial charge in [-0.2, -0.15) is 0 Å². The molecule has 1 aromatic carbocycles. The van der Waals surface area contributed by atoms with Crippen LogP contribution in [-0.2, 0) is 16.0 Å². The average Bonchev–Trinajstić information content (AvgIpc) is 2.95. The van der Waals surface area contributed by atoms with Crippen molar-refractivity contribution >= 4 is 17.2 Å². The maximum atomic E-state index is 12.9. The van der Waals surface area contributed by atoms with E-state index in [9.17, 15) is 9.18 Å². The van der Waals surface area contributed by atoms with E-state index in [1.807, 2.05) is 5.38 Å². The molecule has 0 unspecified atom stereocenters. The number of nitrogens with one attached hydrogen (secondary N) is 1. The Kier molecular flexibility index (Phi) is 5.83. The number of benzene rings is 1. The Balaban J connectivity index is 1.86. The van der Waals surface area contributed by atoms with Gasteiger partial charge in [-0.1, -0.05) is 0 Å². The predicted molar refractivity (Wildman–Crippen MR) is 80.7 cm³/mol. The fourth-order valence-electron chi connectivity index (χ4n) is 1.77. The molecule has 0 radical (unpaired) electrons. The summed E-state index contributed by atoms with van der Waals surface area (Å²) in [5.74, 6) is -0.272. The maximum absolute atomic E-state index is 12.9. The van der Waals surface area contributed by atoms with Crippen LogP contribution in [0.1, 0.15) is 12.1 Å². The van der Waals surface area contributed by atoms with Gasteiger partial charge in [-0.3, -0.25) is 4.79 Å². The molecular weight excluding hydrogens is 291 g/mol. The van der Waals surface area contributed by atoms with Crippen LogP contribution in [0, 0.1) is 5.82 Å². The van der Waals surface area contributed by atoms with Crippen LogP contribution in [-0.4, -0.2) is 31.2 Å². The maximum Gasteiger partial charge on any atom is 0.220 e. The van der Waals surface area contributed by atoms with Crippen LogP contribution in [0.2, 0.25) is 0 Å². The SMILES string of the molecule is COCCNC(=O)CCc1csc(-c2ccc(F)cc2)n1. The Hall–Kier alpha value is -1.79.